The lowest BCUT2D eigenvalue weighted by molar-refractivity contribution is 0.115. The van der Waals surface area contributed by atoms with E-state index in [-0.39, 0.29) is 0 Å². The molecule has 1 nitrogen and oxygen atoms in total. The van der Waals surface area contributed by atoms with E-state index >= 15 is 0 Å². The summed E-state index contributed by atoms with van der Waals surface area (Å²) >= 11 is 0. The van der Waals surface area contributed by atoms with Crippen molar-refractivity contribution in [3.63, 3.8) is 0 Å². The summed E-state index contributed by atoms with van der Waals surface area (Å²) in [4.78, 5) is 2.50. The van der Waals surface area contributed by atoms with Gasteiger partial charge in [0.1, 0.15) is 0 Å². The molecule has 0 aromatic heterocycles. The highest BCUT2D eigenvalue weighted by Gasteiger charge is 2.41. The average Bonchev–Trinajstić information content (AvgIpc) is 2.49. The fourth-order valence-electron chi connectivity index (χ4n) is 1.83. The van der Waals surface area contributed by atoms with Gasteiger partial charge in [0.25, 0.3) is 0 Å². The molecule has 0 N–H and O–H groups in total. The highest BCUT2D eigenvalue weighted by Crippen LogP contribution is 2.38. The first-order chi connectivity index (χ1) is 4.38. The standard InChI is InChI=1S/C6H11N.C2H6/c1-7-5-2-3-6(7)4-5;1-2/h5-6H,2-4H2,1H3;1-2H3. The highest BCUT2D eigenvalue weighted by molar-refractivity contribution is 4.97. The van der Waals surface area contributed by atoms with Crippen LogP contribution in [0.5, 0.6) is 0 Å². The minimum atomic E-state index is 0.991. The van der Waals surface area contributed by atoms with E-state index in [2.05, 4.69) is 11.9 Å². The van der Waals surface area contributed by atoms with Crippen molar-refractivity contribution in [2.24, 2.45) is 0 Å². The first-order valence-electron chi connectivity index (χ1n) is 4.10. The van der Waals surface area contributed by atoms with Crippen molar-refractivity contribution in [2.45, 2.75) is 45.2 Å². The van der Waals surface area contributed by atoms with Crippen molar-refractivity contribution in [3.05, 3.63) is 0 Å². The molecule has 2 heterocycles. The van der Waals surface area contributed by atoms with Crippen molar-refractivity contribution >= 4 is 0 Å². The van der Waals surface area contributed by atoms with Crippen LogP contribution >= 0.6 is 0 Å². The van der Waals surface area contributed by atoms with E-state index in [1.807, 2.05) is 13.8 Å². The summed E-state index contributed by atoms with van der Waals surface area (Å²) in [7, 11) is 2.24. The SMILES string of the molecule is CC.CN1C2CCC1C2. The lowest BCUT2D eigenvalue weighted by Crippen LogP contribution is -2.44. The summed E-state index contributed by atoms with van der Waals surface area (Å²) < 4.78 is 0. The number of fused-ring (bicyclic) bond motifs is 1. The molecular formula is C8H17N. The maximum Gasteiger partial charge on any atom is 0.0111 e. The Morgan fingerprint density at radius 2 is 1.56 bits per heavy atom. The Labute approximate surface area is 58.0 Å². The molecule has 2 unspecified atom stereocenters. The Morgan fingerprint density at radius 3 is 1.67 bits per heavy atom. The normalized spacial score (nSPS) is 39.0. The van der Waals surface area contributed by atoms with Crippen LogP contribution in [0.2, 0.25) is 0 Å². The summed E-state index contributed by atoms with van der Waals surface area (Å²) in [6.45, 7) is 4.00. The van der Waals surface area contributed by atoms with Gasteiger partial charge in [-0.15, -0.1) is 0 Å². The fourth-order valence-corrected chi connectivity index (χ4v) is 1.83. The van der Waals surface area contributed by atoms with Crippen LogP contribution in [-0.2, 0) is 0 Å². The Kier molecular flexibility index (Phi) is 2.12. The minimum Gasteiger partial charge on any atom is -0.300 e. The molecular weight excluding hydrogens is 110 g/mol. The molecule has 9 heavy (non-hydrogen) atoms. The Hall–Kier alpha value is -0.0400. The van der Waals surface area contributed by atoms with E-state index in [1.165, 1.54) is 19.3 Å². The molecule has 0 aromatic rings. The van der Waals surface area contributed by atoms with Gasteiger partial charge in [-0.2, -0.15) is 0 Å². The smallest absolute Gasteiger partial charge is 0.0111 e. The van der Waals surface area contributed by atoms with Crippen molar-refractivity contribution in [1.82, 2.24) is 4.90 Å². The molecule has 3 aliphatic rings. The van der Waals surface area contributed by atoms with Crippen molar-refractivity contribution < 1.29 is 0 Å². The van der Waals surface area contributed by atoms with Gasteiger partial charge in [-0.05, 0) is 26.3 Å². The van der Waals surface area contributed by atoms with Crippen molar-refractivity contribution in [3.8, 4) is 0 Å². The summed E-state index contributed by atoms with van der Waals surface area (Å²) in [5.74, 6) is 0. The Balaban J connectivity index is 0.000000186. The monoisotopic (exact) mass is 127 g/mol. The molecule has 1 aliphatic carbocycles. The molecule has 0 aromatic carbocycles. The molecule has 1 heteroatoms. The summed E-state index contributed by atoms with van der Waals surface area (Å²) in [5, 5.41) is 0. The predicted octanol–water partition coefficient (Wildman–Crippen LogP) is 1.88. The van der Waals surface area contributed by atoms with Gasteiger partial charge in [0.2, 0.25) is 0 Å². The topological polar surface area (TPSA) is 3.24 Å². The third-order valence-electron chi connectivity index (χ3n) is 2.53. The zero-order chi connectivity index (χ0) is 6.85. The second-order valence-electron chi connectivity index (χ2n) is 2.79. The van der Waals surface area contributed by atoms with Crippen LogP contribution in [-0.4, -0.2) is 24.0 Å². The van der Waals surface area contributed by atoms with Crippen molar-refractivity contribution in [1.29, 1.82) is 0 Å². The predicted molar refractivity (Wildman–Crippen MR) is 40.5 cm³/mol. The van der Waals surface area contributed by atoms with E-state index in [9.17, 15) is 0 Å². The quantitative estimate of drug-likeness (QED) is 0.480. The van der Waals surface area contributed by atoms with E-state index in [0.29, 0.717) is 0 Å². The maximum absolute atomic E-state index is 2.50. The fraction of sp³-hybridized carbons (Fsp3) is 1.00. The maximum atomic E-state index is 2.50. The lowest BCUT2D eigenvalue weighted by atomic mass is 10.1. The van der Waals surface area contributed by atoms with E-state index in [0.717, 1.165) is 12.1 Å². The number of nitrogens with zero attached hydrogens (tertiary/aromatic N) is 1. The zero-order valence-corrected chi connectivity index (χ0v) is 6.72. The van der Waals surface area contributed by atoms with Gasteiger partial charge in [0.05, 0.1) is 0 Å². The van der Waals surface area contributed by atoms with Gasteiger partial charge in [-0.1, -0.05) is 13.8 Å². The van der Waals surface area contributed by atoms with Gasteiger partial charge < -0.3 is 4.90 Å². The third-order valence-corrected chi connectivity index (χ3v) is 2.53. The van der Waals surface area contributed by atoms with Crippen LogP contribution in [0.25, 0.3) is 0 Å². The molecule has 2 aliphatic heterocycles. The molecule has 54 valence electrons. The van der Waals surface area contributed by atoms with Crippen molar-refractivity contribution in [2.75, 3.05) is 7.05 Å². The Morgan fingerprint density at radius 1 is 1.11 bits per heavy atom. The summed E-state index contributed by atoms with van der Waals surface area (Å²) in [6.07, 6.45) is 4.44. The molecule has 3 fully saturated rings. The van der Waals surface area contributed by atoms with Gasteiger partial charge in [0.15, 0.2) is 0 Å². The van der Waals surface area contributed by atoms with Crippen LogP contribution in [0.4, 0.5) is 0 Å². The van der Waals surface area contributed by atoms with Gasteiger partial charge in [-0.25, -0.2) is 0 Å². The third kappa shape index (κ3) is 0.983. The number of hydrogen-bond acceptors (Lipinski definition) is 1. The summed E-state index contributed by atoms with van der Waals surface area (Å²) in [6, 6.07) is 1.98. The second kappa shape index (κ2) is 2.70. The second-order valence-corrected chi connectivity index (χ2v) is 2.79. The van der Waals surface area contributed by atoms with E-state index in [4.69, 9.17) is 0 Å². The van der Waals surface area contributed by atoms with Crippen LogP contribution < -0.4 is 0 Å². The minimum absolute atomic E-state index is 0.991. The van der Waals surface area contributed by atoms with Crippen LogP contribution in [0, 0.1) is 0 Å². The largest absolute Gasteiger partial charge is 0.300 e. The Bertz CT molecular complexity index is 76.6. The number of rotatable bonds is 0. The molecule has 0 amide bonds. The zero-order valence-electron chi connectivity index (χ0n) is 6.72. The molecule has 3 rings (SSSR count). The van der Waals surface area contributed by atoms with Crippen LogP contribution in [0.15, 0.2) is 0 Å². The van der Waals surface area contributed by atoms with Crippen LogP contribution in [0.1, 0.15) is 33.1 Å². The van der Waals surface area contributed by atoms with E-state index in [1.54, 1.807) is 0 Å². The summed E-state index contributed by atoms with van der Waals surface area (Å²) in [5.41, 5.74) is 0. The number of hydrogen-bond donors (Lipinski definition) is 0. The molecule has 0 spiro atoms. The lowest BCUT2D eigenvalue weighted by Gasteiger charge is -2.36. The molecule has 1 saturated carbocycles. The molecule has 0 radical (unpaired) electrons. The van der Waals surface area contributed by atoms with Gasteiger partial charge >= 0.3 is 0 Å². The first-order valence-corrected chi connectivity index (χ1v) is 4.10. The van der Waals surface area contributed by atoms with E-state index < -0.39 is 0 Å². The average molecular weight is 127 g/mol. The molecule has 2 saturated heterocycles. The molecule has 2 bridgehead atoms. The van der Waals surface area contributed by atoms with Gasteiger partial charge in [-0.3, -0.25) is 0 Å². The first kappa shape index (κ1) is 7.07. The van der Waals surface area contributed by atoms with Crippen LogP contribution in [0.3, 0.4) is 0 Å². The highest BCUT2D eigenvalue weighted by atomic mass is 15.2. The van der Waals surface area contributed by atoms with Gasteiger partial charge in [0, 0.05) is 12.1 Å². The molecule has 2 atom stereocenters.